The van der Waals surface area contributed by atoms with Crippen LogP contribution in [0.25, 0.3) is 11.0 Å². The zero-order chi connectivity index (χ0) is 14.7. The fourth-order valence-electron chi connectivity index (χ4n) is 2.83. The van der Waals surface area contributed by atoms with Gasteiger partial charge in [0.15, 0.2) is 0 Å². The molecular formula is C16H24ClN3. The summed E-state index contributed by atoms with van der Waals surface area (Å²) in [6.45, 7) is 5.30. The molecule has 3 nitrogen and oxygen atoms in total. The molecule has 0 saturated carbocycles. The zero-order valence-corrected chi connectivity index (χ0v) is 13.3. The quantitative estimate of drug-likeness (QED) is 0.881. The Bertz CT molecular complexity index is 574. The Labute approximate surface area is 126 Å². The molecule has 110 valence electrons. The van der Waals surface area contributed by atoms with Crippen LogP contribution in [0.2, 0.25) is 5.02 Å². The van der Waals surface area contributed by atoms with Crippen LogP contribution in [0.1, 0.15) is 32.5 Å². The van der Waals surface area contributed by atoms with E-state index in [1.54, 1.807) is 0 Å². The number of fused-ring (bicyclic) bond motifs is 1. The lowest BCUT2D eigenvalue weighted by Gasteiger charge is -2.19. The van der Waals surface area contributed by atoms with E-state index in [9.17, 15) is 0 Å². The van der Waals surface area contributed by atoms with Gasteiger partial charge in [0, 0.05) is 13.5 Å². The minimum atomic E-state index is 0.662. The van der Waals surface area contributed by atoms with Gasteiger partial charge in [-0.15, -0.1) is 0 Å². The molecule has 0 aliphatic rings. The summed E-state index contributed by atoms with van der Waals surface area (Å²) in [6.07, 6.45) is 3.19. The summed E-state index contributed by atoms with van der Waals surface area (Å²) in [5.74, 6) is 2.43. The van der Waals surface area contributed by atoms with Crippen LogP contribution < -0.4 is 5.73 Å². The Morgan fingerprint density at radius 3 is 2.65 bits per heavy atom. The van der Waals surface area contributed by atoms with Crippen molar-refractivity contribution in [2.75, 3.05) is 6.54 Å². The monoisotopic (exact) mass is 293 g/mol. The van der Waals surface area contributed by atoms with Gasteiger partial charge >= 0.3 is 0 Å². The fourth-order valence-corrected chi connectivity index (χ4v) is 3.13. The summed E-state index contributed by atoms with van der Waals surface area (Å²) >= 11 is 6.26. The molecule has 2 rings (SSSR count). The van der Waals surface area contributed by atoms with Crippen molar-refractivity contribution in [3.8, 4) is 0 Å². The average molecular weight is 294 g/mol. The molecule has 0 aliphatic heterocycles. The third-order valence-electron chi connectivity index (χ3n) is 4.16. The summed E-state index contributed by atoms with van der Waals surface area (Å²) in [6, 6.07) is 5.89. The number of hydrogen-bond acceptors (Lipinski definition) is 2. The maximum absolute atomic E-state index is 6.26. The van der Waals surface area contributed by atoms with Gasteiger partial charge in [-0.25, -0.2) is 4.98 Å². The summed E-state index contributed by atoms with van der Waals surface area (Å²) < 4.78 is 2.12. The van der Waals surface area contributed by atoms with Gasteiger partial charge in [0.05, 0.1) is 16.1 Å². The van der Waals surface area contributed by atoms with Crippen molar-refractivity contribution in [2.24, 2.45) is 24.6 Å². The zero-order valence-electron chi connectivity index (χ0n) is 12.6. The summed E-state index contributed by atoms with van der Waals surface area (Å²) in [7, 11) is 2.05. The number of halogens is 1. The van der Waals surface area contributed by atoms with Crippen LogP contribution in [-0.2, 0) is 13.5 Å². The molecule has 20 heavy (non-hydrogen) atoms. The molecule has 2 N–H and O–H groups in total. The average Bonchev–Trinajstić information content (AvgIpc) is 2.72. The highest BCUT2D eigenvalue weighted by Crippen LogP contribution is 2.26. The molecule has 1 aromatic heterocycles. The first-order chi connectivity index (χ1) is 9.54. The molecule has 0 aliphatic carbocycles. The molecule has 0 fully saturated rings. The predicted molar refractivity (Wildman–Crippen MR) is 86.0 cm³/mol. The van der Waals surface area contributed by atoms with E-state index in [-0.39, 0.29) is 0 Å². The molecular weight excluding hydrogens is 270 g/mol. The lowest BCUT2D eigenvalue weighted by Crippen LogP contribution is -2.16. The first kappa shape index (κ1) is 15.3. The number of rotatable bonds is 6. The van der Waals surface area contributed by atoms with Gasteiger partial charge in [0.25, 0.3) is 0 Å². The highest BCUT2D eigenvalue weighted by Gasteiger charge is 2.15. The Morgan fingerprint density at radius 1 is 1.30 bits per heavy atom. The number of imidazole rings is 1. The van der Waals surface area contributed by atoms with Crippen LogP contribution >= 0.6 is 11.6 Å². The van der Waals surface area contributed by atoms with E-state index in [1.807, 2.05) is 25.2 Å². The highest BCUT2D eigenvalue weighted by atomic mass is 35.5. The third-order valence-corrected chi connectivity index (χ3v) is 4.46. The summed E-state index contributed by atoms with van der Waals surface area (Å²) in [5, 5.41) is 0.770. The van der Waals surface area contributed by atoms with E-state index in [2.05, 4.69) is 18.4 Å². The Morgan fingerprint density at radius 2 is 2.05 bits per heavy atom. The lowest BCUT2D eigenvalue weighted by atomic mass is 9.88. The smallest absolute Gasteiger partial charge is 0.109 e. The van der Waals surface area contributed by atoms with Crippen LogP contribution in [0.5, 0.6) is 0 Å². The van der Waals surface area contributed by atoms with Gasteiger partial charge in [-0.05, 0) is 43.4 Å². The minimum absolute atomic E-state index is 0.662. The van der Waals surface area contributed by atoms with E-state index in [1.165, 1.54) is 0 Å². The molecule has 0 bridgehead atoms. The first-order valence-electron chi connectivity index (χ1n) is 7.34. The van der Waals surface area contributed by atoms with Gasteiger partial charge in [-0.2, -0.15) is 0 Å². The Kier molecular flexibility index (Phi) is 5.06. The van der Waals surface area contributed by atoms with Gasteiger partial charge in [0.2, 0.25) is 0 Å². The number of aryl methyl sites for hydroxylation is 2. The van der Waals surface area contributed by atoms with Crippen molar-refractivity contribution in [1.29, 1.82) is 0 Å². The van der Waals surface area contributed by atoms with Crippen molar-refractivity contribution in [3.05, 3.63) is 29.0 Å². The van der Waals surface area contributed by atoms with Crippen molar-refractivity contribution in [1.82, 2.24) is 9.55 Å². The van der Waals surface area contributed by atoms with Crippen LogP contribution in [0.4, 0.5) is 0 Å². The number of hydrogen-bond donors (Lipinski definition) is 1. The van der Waals surface area contributed by atoms with Gasteiger partial charge in [0.1, 0.15) is 5.82 Å². The maximum Gasteiger partial charge on any atom is 0.109 e. The molecule has 1 unspecified atom stereocenters. The normalized spacial score (nSPS) is 13.3. The second-order valence-electron chi connectivity index (χ2n) is 5.81. The predicted octanol–water partition coefficient (Wildman–Crippen LogP) is 3.78. The number of para-hydroxylation sites is 1. The molecule has 0 amide bonds. The first-order valence-corrected chi connectivity index (χ1v) is 7.72. The molecule has 0 spiro atoms. The lowest BCUT2D eigenvalue weighted by molar-refractivity contribution is 0.338. The van der Waals surface area contributed by atoms with Gasteiger partial charge in [-0.1, -0.05) is 31.5 Å². The van der Waals surface area contributed by atoms with Crippen LogP contribution in [0.15, 0.2) is 18.2 Å². The van der Waals surface area contributed by atoms with Crippen LogP contribution in [0, 0.1) is 11.8 Å². The van der Waals surface area contributed by atoms with E-state index in [0.29, 0.717) is 11.8 Å². The van der Waals surface area contributed by atoms with Crippen LogP contribution in [-0.4, -0.2) is 16.1 Å². The van der Waals surface area contributed by atoms with Crippen molar-refractivity contribution in [2.45, 2.75) is 33.1 Å². The number of aromatic nitrogens is 2. The molecule has 1 heterocycles. The topological polar surface area (TPSA) is 43.8 Å². The minimum Gasteiger partial charge on any atom is -0.330 e. The molecule has 0 saturated heterocycles. The SMILES string of the molecule is CC(C)C(CCN)CCc1nc2cccc(Cl)c2n1C. The Balaban J connectivity index is 2.18. The highest BCUT2D eigenvalue weighted by molar-refractivity contribution is 6.35. The molecule has 1 atom stereocenters. The van der Waals surface area contributed by atoms with Crippen molar-refractivity contribution >= 4 is 22.6 Å². The molecule has 4 heteroatoms. The van der Waals surface area contributed by atoms with E-state index in [0.717, 1.165) is 47.7 Å². The van der Waals surface area contributed by atoms with E-state index < -0.39 is 0 Å². The standard InChI is InChI=1S/C16H24ClN3/c1-11(2)12(9-10-18)7-8-15-19-14-6-4-5-13(17)16(14)20(15)3/h4-6,11-12H,7-10,18H2,1-3H3. The number of benzene rings is 1. The summed E-state index contributed by atoms with van der Waals surface area (Å²) in [5.41, 5.74) is 7.72. The van der Waals surface area contributed by atoms with Crippen molar-refractivity contribution in [3.63, 3.8) is 0 Å². The summed E-state index contributed by atoms with van der Waals surface area (Å²) in [4.78, 5) is 4.71. The van der Waals surface area contributed by atoms with Gasteiger partial charge < -0.3 is 10.3 Å². The maximum atomic E-state index is 6.26. The molecule has 0 radical (unpaired) electrons. The number of nitrogens with two attached hydrogens (primary N) is 1. The largest absolute Gasteiger partial charge is 0.330 e. The van der Waals surface area contributed by atoms with Gasteiger partial charge in [-0.3, -0.25) is 0 Å². The Hall–Kier alpha value is -1.06. The van der Waals surface area contributed by atoms with Crippen molar-refractivity contribution < 1.29 is 0 Å². The fraction of sp³-hybridized carbons (Fsp3) is 0.562. The third kappa shape index (κ3) is 3.15. The van der Waals surface area contributed by atoms with E-state index in [4.69, 9.17) is 22.3 Å². The second-order valence-corrected chi connectivity index (χ2v) is 6.22. The number of nitrogens with zero attached hydrogens (tertiary/aromatic N) is 2. The molecule has 2 aromatic rings. The van der Waals surface area contributed by atoms with E-state index >= 15 is 0 Å². The van der Waals surface area contributed by atoms with Crippen LogP contribution in [0.3, 0.4) is 0 Å². The molecule has 1 aromatic carbocycles. The second kappa shape index (κ2) is 6.59.